The lowest BCUT2D eigenvalue weighted by atomic mass is 9.79. The SMILES string of the molecule is CC(C)CCNC(N)=NCC1(C(N)=O)CCOCC1. The Morgan fingerprint density at radius 1 is 1.37 bits per heavy atom. The fourth-order valence-corrected chi connectivity index (χ4v) is 2.03. The van der Waals surface area contributed by atoms with Crippen LogP contribution in [0.15, 0.2) is 4.99 Å². The number of nitrogens with two attached hydrogens (primary N) is 2. The number of guanidine groups is 1. The quantitative estimate of drug-likeness (QED) is 0.474. The number of hydrogen-bond donors (Lipinski definition) is 3. The maximum Gasteiger partial charge on any atom is 0.225 e. The van der Waals surface area contributed by atoms with Gasteiger partial charge in [0.15, 0.2) is 5.96 Å². The minimum atomic E-state index is -0.595. The lowest BCUT2D eigenvalue weighted by Crippen LogP contribution is -2.45. The first-order valence-electron chi connectivity index (χ1n) is 6.88. The van der Waals surface area contributed by atoms with Crippen molar-refractivity contribution in [1.29, 1.82) is 0 Å². The zero-order valence-corrected chi connectivity index (χ0v) is 11.9. The van der Waals surface area contributed by atoms with Gasteiger partial charge in [-0.05, 0) is 25.2 Å². The molecule has 0 aliphatic carbocycles. The fourth-order valence-electron chi connectivity index (χ4n) is 2.03. The van der Waals surface area contributed by atoms with E-state index in [0.29, 0.717) is 44.5 Å². The highest BCUT2D eigenvalue weighted by molar-refractivity contribution is 5.82. The fraction of sp³-hybridized carbons (Fsp3) is 0.846. The number of amides is 1. The topological polar surface area (TPSA) is 103 Å². The van der Waals surface area contributed by atoms with Gasteiger partial charge in [-0.1, -0.05) is 13.8 Å². The number of ether oxygens (including phenoxy) is 1. The molecular formula is C13H26N4O2. The van der Waals surface area contributed by atoms with Crippen molar-refractivity contribution in [3.05, 3.63) is 0 Å². The van der Waals surface area contributed by atoms with Crippen LogP contribution < -0.4 is 16.8 Å². The Balaban J connectivity index is 2.48. The summed E-state index contributed by atoms with van der Waals surface area (Å²) in [6.45, 7) is 6.54. The first-order valence-corrected chi connectivity index (χ1v) is 6.88. The van der Waals surface area contributed by atoms with Gasteiger partial charge in [-0.3, -0.25) is 9.79 Å². The van der Waals surface area contributed by atoms with Gasteiger partial charge in [-0.15, -0.1) is 0 Å². The molecule has 1 heterocycles. The average Bonchev–Trinajstić information content (AvgIpc) is 2.37. The number of aliphatic imine (C=N–C) groups is 1. The molecule has 0 aromatic rings. The minimum Gasteiger partial charge on any atom is -0.381 e. The summed E-state index contributed by atoms with van der Waals surface area (Å²) in [5.74, 6) is 0.690. The summed E-state index contributed by atoms with van der Waals surface area (Å²) in [5, 5.41) is 3.05. The zero-order chi connectivity index (χ0) is 14.3. The molecule has 1 fully saturated rings. The lowest BCUT2D eigenvalue weighted by molar-refractivity contribution is -0.132. The van der Waals surface area contributed by atoms with Crippen LogP contribution in [0.5, 0.6) is 0 Å². The molecule has 19 heavy (non-hydrogen) atoms. The normalized spacial score (nSPS) is 19.4. The second-order valence-corrected chi connectivity index (χ2v) is 5.57. The third kappa shape index (κ3) is 5.06. The van der Waals surface area contributed by atoms with Gasteiger partial charge < -0.3 is 21.5 Å². The van der Waals surface area contributed by atoms with Crippen molar-refractivity contribution in [2.24, 2.45) is 27.8 Å². The van der Waals surface area contributed by atoms with Gasteiger partial charge in [-0.25, -0.2) is 0 Å². The summed E-state index contributed by atoms with van der Waals surface area (Å²) < 4.78 is 5.27. The Bertz CT molecular complexity index is 323. The van der Waals surface area contributed by atoms with Crippen LogP contribution in [0.2, 0.25) is 0 Å². The Labute approximate surface area is 115 Å². The summed E-state index contributed by atoms with van der Waals surface area (Å²) in [5.41, 5.74) is 10.7. The lowest BCUT2D eigenvalue weighted by Gasteiger charge is -2.32. The summed E-state index contributed by atoms with van der Waals surface area (Å²) in [4.78, 5) is 15.9. The van der Waals surface area contributed by atoms with Crippen molar-refractivity contribution in [1.82, 2.24) is 5.32 Å². The Morgan fingerprint density at radius 2 is 2.00 bits per heavy atom. The molecule has 0 radical (unpaired) electrons. The summed E-state index contributed by atoms with van der Waals surface area (Å²) in [6, 6.07) is 0. The zero-order valence-electron chi connectivity index (χ0n) is 11.9. The molecular weight excluding hydrogens is 244 g/mol. The molecule has 1 aliphatic rings. The number of rotatable bonds is 6. The molecule has 0 atom stereocenters. The number of carbonyl (C=O) groups excluding carboxylic acids is 1. The van der Waals surface area contributed by atoms with E-state index in [1.165, 1.54) is 0 Å². The largest absolute Gasteiger partial charge is 0.381 e. The van der Waals surface area contributed by atoms with E-state index in [2.05, 4.69) is 24.2 Å². The van der Waals surface area contributed by atoms with E-state index in [-0.39, 0.29) is 5.91 Å². The van der Waals surface area contributed by atoms with E-state index >= 15 is 0 Å². The van der Waals surface area contributed by atoms with Gasteiger partial charge in [0.1, 0.15) is 0 Å². The van der Waals surface area contributed by atoms with Crippen molar-refractivity contribution < 1.29 is 9.53 Å². The van der Waals surface area contributed by atoms with Crippen LogP contribution in [0, 0.1) is 11.3 Å². The third-order valence-electron chi connectivity index (χ3n) is 3.55. The van der Waals surface area contributed by atoms with Crippen molar-refractivity contribution in [3.63, 3.8) is 0 Å². The Morgan fingerprint density at radius 3 is 2.53 bits per heavy atom. The number of nitrogens with zero attached hydrogens (tertiary/aromatic N) is 1. The maximum absolute atomic E-state index is 11.6. The van der Waals surface area contributed by atoms with E-state index in [4.69, 9.17) is 16.2 Å². The minimum absolute atomic E-state index is 0.311. The Hall–Kier alpha value is -1.30. The predicted molar refractivity (Wildman–Crippen MR) is 75.6 cm³/mol. The van der Waals surface area contributed by atoms with Gasteiger partial charge in [-0.2, -0.15) is 0 Å². The number of hydrogen-bond acceptors (Lipinski definition) is 3. The molecule has 6 heteroatoms. The second kappa shape index (κ2) is 7.33. The molecule has 0 saturated carbocycles. The molecule has 1 rings (SSSR count). The third-order valence-corrected chi connectivity index (χ3v) is 3.55. The molecule has 0 spiro atoms. The van der Waals surface area contributed by atoms with Crippen LogP contribution in [-0.4, -0.2) is 38.2 Å². The van der Waals surface area contributed by atoms with Gasteiger partial charge in [0.05, 0.1) is 12.0 Å². The van der Waals surface area contributed by atoms with Crippen LogP contribution in [0.1, 0.15) is 33.1 Å². The number of carbonyl (C=O) groups is 1. The molecule has 1 amide bonds. The van der Waals surface area contributed by atoms with E-state index in [1.54, 1.807) is 0 Å². The van der Waals surface area contributed by atoms with Crippen LogP contribution in [0.3, 0.4) is 0 Å². The standard InChI is InChI=1S/C13H26N4O2/c1-10(2)3-6-16-12(15)17-9-13(11(14)18)4-7-19-8-5-13/h10H,3-9H2,1-2H3,(H2,14,18)(H3,15,16,17). The molecule has 110 valence electrons. The average molecular weight is 270 g/mol. The van der Waals surface area contributed by atoms with Gasteiger partial charge in [0.25, 0.3) is 0 Å². The van der Waals surface area contributed by atoms with E-state index < -0.39 is 5.41 Å². The van der Waals surface area contributed by atoms with Crippen LogP contribution >= 0.6 is 0 Å². The highest BCUT2D eigenvalue weighted by atomic mass is 16.5. The number of nitrogens with one attached hydrogen (secondary N) is 1. The van der Waals surface area contributed by atoms with E-state index in [9.17, 15) is 4.79 Å². The maximum atomic E-state index is 11.6. The highest BCUT2D eigenvalue weighted by Crippen LogP contribution is 2.30. The van der Waals surface area contributed by atoms with Crippen molar-refractivity contribution in [2.75, 3.05) is 26.3 Å². The Kier molecular flexibility index (Phi) is 6.08. The first kappa shape index (κ1) is 15.8. The van der Waals surface area contributed by atoms with E-state index in [0.717, 1.165) is 13.0 Å². The summed E-state index contributed by atoms with van der Waals surface area (Å²) >= 11 is 0. The molecule has 6 nitrogen and oxygen atoms in total. The molecule has 0 aromatic heterocycles. The van der Waals surface area contributed by atoms with Gasteiger partial charge in [0.2, 0.25) is 5.91 Å². The van der Waals surface area contributed by atoms with Crippen LogP contribution in [0.25, 0.3) is 0 Å². The smallest absolute Gasteiger partial charge is 0.225 e. The molecule has 0 unspecified atom stereocenters. The molecule has 5 N–H and O–H groups in total. The molecule has 1 saturated heterocycles. The molecule has 0 bridgehead atoms. The van der Waals surface area contributed by atoms with Crippen molar-refractivity contribution in [2.45, 2.75) is 33.1 Å². The van der Waals surface area contributed by atoms with E-state index in [1.807, 2.05) is 0 Å². The van der Waals surface area contributed by atoms with Crippen molar-refractivity contribution >= 4 is 11.9 Å². The monoisotopic (exact) mass is 270 g/mol. The van der Waals surface area contributed by atoms with Crippen molar-refractivity contribution in [3.8, 4) is 0 Å². The molecule has 1 aliphatic heterocycles. The van der Waals surface area contributed by atoms with Crippen LogP contribution in [0.4, 0.5) is 0 Å². The predicted octanol–water partition coefficient (Wildman–Crippen LogP) is 0.219. The summed E-state index contributed by atoms with van der Waals surface area (Å²) in [7, 11) is 0. The molecule has 0 aromatic carbocycles. The van der Waals surface area contributed by atoms with Crippen LogP contribution in [-0.2, 0) is 9.53 Å². The first-order chi connectivity index (χ1) is 8.96. The van der Waals surface area contributed by atoms with Gasteiger partial charge in [0, 0.05) is 19.8 Å². The summed E-state index contributed by atoms with van der Waals surface area (Å²) in [6.07, 6.45) is 2.27. The highest BCUT2D eigenvalue weighted by Gasteiger charge is 2.38. The van der Waals surface area contributed by atoms with Gasteiger partial charge >= 0.3 is 0 Å². The second-order valence-electron chi connectivity index (χ2n) is 5.57. The number of primary amides is 1.